The third-order valence-corrected chi connectivity index (χ3v) is 5.77. The number of aromatic nitrogens is 4. The van der Waals surface area contributed by atoms with Gasteiger partial charge >= 0.3 is 0 Å². The van der Waals surface area contributed by atoms with Gasteiger partial charge in [0.1, 0.15) is 0 Å². The van der Waals surface area contributed by atoms with Crippen LogP contribution in [-0.2, 0) is 6.54 Å². The fourth-order valence-electron chi connectivity index (χ4n) is 3.51. The van der Waals surface area contributed by atoms with Crippen LogP contribution in [-0.4, -0.2) is 62.1 Å². The van der Waals surface area contributed by atoms with Gasteiger partial charge in [0.25, 0.3) is 5.91 Å². The number of thiophene rings is 1. The number of nitrogens with zero attached hydrogens (tertiary/aromatic N) is 6. The van der Waals surface area contributed by atoms with Crippen molar-refractivity contribution in [1.29, 1.82) is 0 Å². The highest BCUT2D eigenvalue weighted by Gasteiger charge is 2.30. The molecule has 0 bridgehead atoms. The lowest BCUT2D eigenvalue weighted by atomic mass is 10.1. The second-order valence-electron chi connectivity index (χ2n) is 6.50. The molecule has 0 N–H and O–H groups in total. The van der Waals surface area contributed by atoms with E-state index >= 15 is 0 Å². The molecular formula is C18H22N6O2S. The Morgan fingerprint density at radius 1 is 1.26 bits per heavy atom. The van der Waals surface area contributed by atoms with Gasteiger partial charge in [-0.05, 0) is 40.4 Å². The van der Waals surface area contributed by atoms with Gasteiger partial charge in [0.2, 0.25) is 0 Å². The van der Waals surface area contributed by atoms with Crippen LogP contribution >= 0.6 is 11.3 Å². The monoisotopic (exact) mass is 386 g/mol. The summed E-state index contributed by atoms with van der Waals surface area (Å²) in [5.41, 5.74) is 0. The molecule has 0 saturated carbocycles. The van der Waals surface area contributed by atoms with Crippen LogP contribution in [0.2, 0.25) is 0 Å². The molecule has 1 atom stereocenters. The van der Waals surface area contributed by atoms with Crippen molar-refractivity contribution in [3.63, 3.8) is 0 Å². The normalized spacial score (nSPS) is 16.6. The van der Waals surface area contributed by atoms with Crippen LogP contribution in [0.1, 0.15) is 40.6 Å². The highest BCUT2D eigenvalue weighted by molar-refractivity contribution is 7.09. The summed E-state index contributed by atoms with van der Waals surface area (Å²) in [5.74, 6) is 1.24. The summed E-state index contributed by atoms with van der Waals surface area (Å²) in [6, 6.07) is 7.72. The maximum atomic E-state index is 12.4. The Bertz CT molecular complexity index is 852. The molecule has 9 heteroatoms. The van der Waals surface area contributed by atoms with Crippen LogP contribution in [0, 0.1) is 0 Å². The van der Waals surface area contributed by atoms with E-state index in [2.05, 4.69) is 38.8 Å². The van der Waals surface area contributed by atoms with Gasteiger partial charge in [-0.1, -0.05) is 13.0 Å². The average Bonchev–Trinajstić information content (AvgIpc) is 3.46. The molecule has 1 unspecified atom stereocenters. The fraction of sp³-hybridized carbons (Fsp3) is 0.444. The Balaban J connectivity index is 1.42. The maximum Gasteiger partial charge on any atom is 0.289 e. The number of piperazine rings is 1. The Morgan fingerprint density at radius 3 is 2.78 bits per heavy atom. The zero-order chi connectivity index (χ0) is 18.6. The zero-order valence-corrected chi connectivity index (χ0v) is 16.0. The van der Waals surface area contributed by atoms with Crippen molar-refractivity contribution in [2.24, 2.45) is 0 Å². The Kier molecular flexibility index (Phi) is 5.30. The van der Waals surface area contributed by atoms with Gasteiger partial charge in [-0.15, -0.1) is 16.4 Å². The summed E-state index contributed by atoms with van der Waals surface area (Å²) < 4.78 is 7.12. The van der Waals surface area contributed by atoms with Gasteiger partial charge in [-0.3, -0.25) is 9.69 Å². The van der Waals surface area contributed by atoms with Crippen molar-refractivity contribution >= 4 is 17.2 Å². The highest BCUT2D eigenvalue weighted by Crippen LogP contribution is 2.24. The van der Waals surface area contributed by atoms with Gasteiger partial charge < -0.3 is 9.32 Å². The number of furan rings is 1. The van der Waals surface area contributed by atoms with Crippen LogP contribution in [0.5, 0.6) is 0 Å². The Morgan fingerprint density at radius 2 is 2.11 bits per heavy atom. The van der Waals surface area contributed by atoms with E-state index in [-0.39, 0.29) is 11.9 Å². The molecule has 0 aromatic carbocycles. The molecular weight excluding hydrogens is 364 g/mol. The second-order valence-corrected chi connectivity index (χ2v) is 7.54. The summed E-state index contributed by atoms with van der Waals surface area (Å²) >= 11 is 1.70. The smallest absolute Gasteiger partial charge is 0.289 e. The minimum Gasteiger partial charge on any atom is -0.459 e. The minimum absolute atomic E-state index is 0.0461. The van der Waals surface area contributed by atoms with E-state index in [9.17, 15) is 4.79 Å². The summed E-state index contributed by atoms with van der Waals surface area (Å²) in [6.07, 6.45) is 2.45. The van der Waals surface area contributed by atoms with Crippen molar-refractivity contribution in [2.45, 2.75) is 25.9 Å². The molecule has 0 spiro atoms. The fourth-order valence-corrected chi connectivity index (χ4v) is 4.20. The molecule has 4 heterocycles. The van der Waals surface area contributed by atoms with Crippen LogP contribution in [0.15, 0.2) is 40.3 Å². The zero-order valence-electron chi connectivity index (χ0n) is 15.2. The first-order chi connectivity index (χ1) is 13.3. The van der Waals surface area contributed by atoms with E-state index < -0.39 is 0 Å². The molecule has 0 radical (unpaired) electrons. The summed E-state index contributed by atoms with van der Waals surface area (Å²) in [5, 5.41) is 14.5. The van der Waals surface area contributed by atoms with E-state index in [0.717, 1.165) is 25.3 Å². The maximum absolute atomic E-state index is 12.4. The number of carbonyl (C=O) groups is 1. The Labute approximate surface area is 161 Å². The van der Waals surface area contributed by atoms with Gasteiger partial charge in [0.05, 0.1) is 18.8 Å². The molecule has 27 heavy (non-hydrogen) atoms. The van der Waals surface area contributed by atoms with Crippen LogP contribution < -0.4 is 0 Å². The lowest BCUT2D eigenvalue weighted by Gasteiger charge is -2.38. The molecule has 3 aromatic rings. The van der Waals surface area contributed by atoms with E-state index in [1.54, 1.807) is 23.5 Å². The Hall–Kier alpha value is -2.52. The SMILES string of the molecule is CCC(c1nnnn1Cc1cccs1)N1CCN(C(=O)c2ccco2)CC1. The topological polar surface area (TPSA) is 80.3 Å². The number of hydrogen-bond acceptors (Lipinski definition) is 7. The molecule has 1 aliphatic heterocycles. The lowest BCUT2D eigenvalue weighted by Crippen LogP contribution is -2.50. The molecule has 0 aliphatic carbocycles. The van der Waals surface area contributed by atoms with Gasteiger partial charge in [0.15, 0.2) is 11.6 Å². The van der Waals surface area contributed by atoms with Gasteiger partial charge in [-0.2, -0.15) is 0 Å². The summed E-state index contributed by atoms with van der Waals surface area (Å²) in [4.78, 5) is 17.9. The average molecular weight is 386 g/mol. The van der Waals surface area contributed by atoms with E-state index in [0.29, 0.717) is 25.4 Å². The van der Waals surface area contributed by atoms with E-state index in [4.69, 9.17) is 4.42 Å². The molecule has 1 fully saturated rings. The van der Waals surface area contributed by atoms with E-state index in [1.165, 1.54) is 11.1 Å². The lowest BCUT2D eigenvalue weighted by molar-refractivity contribution is 0.0521. The third kappa shape index (κ3) is 3.79. The second kappa shape index (κ2) is 8.01. The quantitative estimate of drug-likeness (QED) is 0.647. The number of carbonyl (C=O) groups excluding carboxylic acids is 1. The number of tetrazole rings is 1. The number of hydrogen-bond donors (Lipinski definition) is 0. The highest BCUT2D eigenvalue weighted by atomic mass is 32.1. The molecule has 1 saturated heterocycles. The standard InChI is InChI=1S/C18H22N6O2S/c1-2-15(17-19-20-21-24(17)13-14-5-4-12-27-14)22-7-9-23(10-8-22)18(25)16-6-3-11-26-16/h3-6,11-12,15H,2,7-10,13H2,1H3. The first kappa shape index (κ1) is 17.9. The molecule has 142 valence electrons. The van der Waals surface area contributed by atoms with Crippen molar-refractivity contribution in [3.8, 4) is 0 Å². The minimum atomic E-state index is -0.0461. The van der Waals surface area contributed by atoms with Crippen molar-refractivity contribution < 1.29 is 9.21 Å². The van der Waals surface area contributed by atoms with E-state index in [1.807, 2.05) is 15.6 Å². The van der Waals surface area contributed by atoms with Crippen LogP contribution in [0.25, 0.3) is 0 Å². The molecule has 3 aromatic heterocycles. The van der Waals surface area contributed by atoms with Crippen LogP contribution in [0.3, 0.4) is 0 Å². The predicted molar refractivity (Wildman–Crippen MR) is 100 cm³/mol. The molecule has 8 nitrogen and oxygen atoms in total. The predicted octanol–water partition coefficient (Wildman–Crippen LogP) is 2.29. The third-order valence-electron chi connectivity index (χ3n) is 4.90. The van der Waals surface area contributed by atoms with Gasteiger partial charge in [-0.25, -0.2) is 4.68 Å². The number of rotatable bonds is 6. The summed E-state index contributed by atoms with van der Waals surface area (Å²) in [7, 11) is 0. The molecule has 4 rings (SSSR count). The van der Waals surface area contributed by atoms with Crippen LogP contribution in [0.4, 0.5) is 0 Å². The molecule has 1 aliphatic rings. The first-order valence-electron chi connectivity index (χ1n) is 9.11. The summed E-state index contributed by atoms with van der Waals surface area (Å²) in [6.45, 7) is 5.75. The van der Waals surface area contributed by atoms with Gasteiger partial charge in [0, 0.05) is 31.1 Å². The largest absolute Gasteiger partial charge is 0.459 e. The van der Waals surface area contributed by atoms with Crippen molar-refractivity contribution in [3.05, 3.63) is 52.4 Å². The first-order valence-corrected chi connectivity index (χ1v) is 9.99. The molecule has 1 amide bonds. The van der Waals surface area contributed by atoms with Crippen molar-refractivity contribution in [2.75, 3.05) is 26.2 Å². The number of amides is 1. The van der Waals surface area contributed by atoms with Crippen molar-refractivity contribution in [1.82, 2.24) is 30.0 Å².